The van der Waals surface area contributed by atoms with Gasteiger partial charge < -0.3 is 5.32 Å². The largest absolute Gasteiger partial charge is 0.313 e. The average Bonchev–Trinajstić information content (AvgIpc) is 2.86. The summed E-state index contributed by atoms with van der Waals surface area (Å²) in [6, 6.07) is 10.7. The normalized spacial score (nSPS) is 16.7. The number of benzene rings is 2. The van der Waals surface area contributed by atoms with Crippen molar-refractivity contribution in [2.45, 2.75) is 25.8 Å². The smallest absolute Gasteiger partial charge is 0.159 e. The molecule has 0 bridgehead atoms. The van der Waals surface area contributed by atoms with E-state index >= 15 is 0 Å². The van der Waals surface area contributed by atoms with Crippen LogP contribution in [0, 0.1) is 24.4 Å². The zero-order valence-corrected chi connectivity index (χ0v) is 14.8. The highest BCUT2D eigenvalue weighted by Gasteiger charge is 2.24. The van der Waals surface area contributed by atoms with Gasteiger partial charge in [0, 0.05) is 18.0 Å². The molecule has 0 fully saturated rings. The fourth-order valence-electron chi connectivity index (χ4n) is 3.55. The van der Waals surface area contributed by atoms with Gasteiger partial charge in [-0.3, -0.25) is 0 Å². The highest BCUT2D eigenvalue weighted by Crippen LogP contribution is 2.36. The standard InChI is InChI=1S/C21H18F3N3/c1-12-2-5-21(27-26-12)17-8-14-11-25-7-6-15(16(14)10-19(17)23)13-3-4-18(22)20(24)9-13/h2-5,8-10,15,25H,6-7,11H2,1H3. The van der Waals surface area contributed by atoms with Crippen molar-refractivity contribution >= 4 is 0 Å². The molecule has 2 aromatic carbocycles. The molecule has 138 valence electrons. The number of aromatic nitrogens is 2. The lowest BCUT2D eigenvalue weighted by molar-refractivity contribution is 0.505. The first-order valence-electron chi connectivity index (χ1n) is 8.81. The minimum absolute atomic E-state index is 0.210. The van der Waals surface area contributed by atoms with E-state index in [4.69, 9.17) is 0 Å². The number of aryl methyl sites for hydroxylation is 1. The molecule has 1 N–H and O–H groups in total. The van der Waals surface area contributed by atoms with Crippen LogP contribution < -0.4 is 5.32 Å². The fraction of sp³-hybridized carbons (Fsp3) is 0.238. The first kappa shape index (κ1) is 17.7. The first-order valence-corrected chi connectivity index (χ1v) is 8.81. The molecule has 4 rings (SSSR count). The zero-order chi connectivity index (χ0) is 19.0. The van der Waals surface area contributed by atoms with Crippen LogP contribution in [-0.2, 0) is 6.54 Å². The monoisotopic (exact) mass is 369 g/mol. The third-order valence-electron chi connectivity index (χ3n) is 4.95. The quantitative estimate of drug-likeness (QED) is 0.723. The van der Waals surface area contributed by atoms with Crippen molar-refractivity contribution in [3.63, 3.8) is 0 Å². The molecule has 27 heavy (non-hydrogen) atoms. The number of rotatable bonds is 2. The van der Waals surface area contributed by atoms with E-state index in [0.717, 1.165) is 22.9 Å². The Morgan fingerprint density at radius 1 is 0.926 bits per heavy atom. The Labute approximate surface area is 155 Å². The van der Waals surface area contributed by atoms with Crippen molar-refractivity contribution in [1.29, 1.82) is 0 Å². The van der Waals surface area contributed by atoms with Gasteiger partial charge in [-0.05, 0) is 73.0 Å². The summed E-state index contributed by atoms with van der Waals surface area (Å²) in [5.74, 6) is -2.39. The predicted octanol–water partition coefficient (Wildman–Crippen LogP) is 4.49. The topological polar surface area (TPSA) is 37.8 Å². The molecule has 3 aromatic rings. The van der Waals surface area contributed by atoms with Crippen molar-refractivity contribution in [2.24, 2.45) is 0 Å². The Morgan fingerprint density at radius 3 is 2.52 bits per heavy atom. The lowest BCUT2D eigenvalue weighted by Crippen LogP contribution is -2.12. The molecular weight excluding hydrogens is 351 g/mol. The molecular formula is C21H18F3N3. The Morgan fingerprint density at radius 2 is 1.78 bits per heavy atom. The highest BCUT2D eigenvalue weighted by atomic mass is 19.2. The number of nitrogens with zero attached hydrogens (tertiary/aromatic N) is 2. The second-order valence-corrected chi connectivity index (χ2v) is 6.78. The van der Waals surface area contributed by atoms with Crippen LogP contribution in [0.25, 0.3) is 11.3 Å². The average molecular weight is 369 g/mol. The van der Waals surface area contributed by atoms with E-state index in [1.165, 1.54) is 12.1 Å². The molecule has 1 unspecified atom stereocenters. The molecule has 1 atom stereocenters. The third kappa shape index (κ3) is 3.45. The lowest BCUT2D eigenvalue weighted by Gasteiger charge is -2.19. The molecule has 0 saturated carbocycles. The first-order chi connectivity index (χ1) is 13.0. The Bertz CT molecular complexity index is 987. The van der Waals surface area contributed by atoms with E-state index in [-0.39, 0.29) is 5.92 Å². The van der Waals surface area contributed by atoms with Gasteiger partial charge in [0.25, 0.3) is 0 Å². The van der Waals surface area contributed by atoms with Gasteiger partial charge in [-0.25, -0.2) is 13.2 Å². The van der Waals surface area contributed by atoms with Gasteiger partial charge in [0.05, 0.1) is 11.4 Å². The van der Waals surface area contributed by atoms with Gasteiger partial charge in [-0.15, -0.1) is 0 Å². The molecule has 0 saturated heterocycles. The van der Waals surface area contributed by atoms with E-state index in [1.54, 1.807) is 24.3 Å². The van der Waals surface area contributed by atoms with E-state index in [1.807, 2.05) is 6.92 Å². The van der Waals surface area contributed by atoms with Crippen molar-refractivity contribution in [3.05, 3.63) is 82.3 Å². The Hall–Kier alpha value is -2.73. The van der Waals surface area contributed by atoms with Crippen molar-refractivity contribution in [2.75, 3.05) is 6.54 Å². The van der Waals surface area contributed by atoms with E-state index in [2.05, 4.69) is 15.5 Å². The summed E-state index contributed by atoms with van der Waals surface area (Å²) in [5, 5.41) is 11.4. The molecule has 2 heterocycles. The highest BCUT2D eigenvalue weighted by molar-refractivity contribution is 5.62. The predicted molar refractivity (Wildman–Crippen MR) is 96.7 cm³/mol. The van der Waals surface area contributed by atoms with Gasteiger partial charge >= 0.3 is 0 Å². The summed E-state index contributed by atoms with van der Waals surface area (Å²) in [6.07, 6.45) is 0.668. The SMILES string of the molecule is Cc1ccc(-c2cc3c(cc2F)C(c2ccc(F)c(F)c2)CCNC3)nn1. The van der Waals surface area contributed by atoms with Crippen LogP contribution in [0.15, 0.2) is 42.5 Å². The second-order valence-electron chi connectivity index (χ2n) is 6.78. The van der Waals surface area contributed by atoms with Gasteiger partial charge in [0.15, 0.2) is 11.6 Å². The Kier molecular flexibility index (Phi) is 4.66. The van der Waals surface area contributed by atoms with Crippen LogP contribution in [-0.4, -0.2) is 16.7 Å². The third-order valence-corrected chi connectivity index (χ3v) is 4.95. The summed E-state index contributed by atoms with van der Waals surface area (Å²) in [6.45, 7) is 3.09. The van der Waals surface area contributed by atoms with E-state index in [0.29, 0.717) is 36.3 Å². The van der Waals surface area contributed by atoms with Crippen molar-refractivity contribution in [3.8, 4) is 11.3 Å². The number of nitrogens with one attached hydrogen (secondary N) is 1. The van der Waals surface area contributed by atoms with Gasteiger partial charge in [-0.1, -0.05) is 6.07 Å². The maximum absolute atomic E-state index is 14.9. The molecule has 0 amide bonds. The number of fused-ring (bicyclic) bond motifs is 1. The summed E-state index contributed by atoms with van der Waals surface area (Å²) >= 11 is 0. The summed E-state index contributed by atoms with van der Waals surface area (Å²) in [7, 11) is 0. The minimum Gasteiger partial charge on any atom is -0.313 e. The molecule has 0 radical (unpaired) electrons. The molecule has 0 aliphatic carbocycles. The molecule has 1 aliphatic rings. The number of halogens is 3. The van der Waals surface area contributed by atoms with Crippen LogP contribution in [0.1, 0.15) is 34.7 Å². The summed E-state index contributed by atoms with van der Waals surface area (Å²) in [5.41, 5.74) is 3.95. The van der Waals surface area contributed by atoms with Crippen molar-refractivity contribution in [1.82, 2.24) is 15.5 Å². The second kappa shape index (κ2) is 7.12. The van der Waals surface area contributed by atoms with Crippen LogP contribution in [0.4, 0.5) is 13.2 Å². The van der Waals surface area contributed by atoms with E-state index < -0.39 is 17.5 Å². The Balaban J connectivity index is 1.81. The van der Waals surface area contributed by atoms with E-state index in [9.17, 15) is 13.2 Å². The van der Waals surface area contributed by atoms with Gasteiger partial charge in [0.2, 0.25) is 0 Å². The fourth-order valence-corrected chi connectivity index (χ4v) is 3.55. The molecule has 3 nitrogen and oxygen atoms in total. The molecule has 0 spiro atoms. The van der Waals surface area contributed by atoms with Crippen LogP contribution in [0.3, 0.4) is 0 Å². The molecule has 6 heteroatoms. The summed E-state index contributed by atoms with van der Waals surface area (Å²) in [4.78, 5) is 0. The van der Waals surface area contributed by atoms with Crippen LogP contribution >= 0.6 is 0 Å². The minimum atomic E-state index is -0.890. The summed E-state index contributed by atoms with van der Waals surface area (Å²) < 4.78 is 42.0. The zero-order valence-electron chi connectivity index (χ0n) is 14.8. The molecule has 1 aliphatic heterocycles. The van der Waals surface area contributed by atoms with Crippen molar-refractivity contribution < 1.29 is 13.2 Å². The maximum atomic E-state index is 14.9. The number of hydrogen-bond donors (Lipinski definition) is 1. The van der Waals surface area contributed by atoms with Crippen LogP contribution in [0.5, 0.6) is 0 Å². The van der Waals surface area contributed by atoms with Crippen LogP contribution in [0.2, 0.25) is 0 Å². The van der Waals surface area contributed by atoms with Gasteiger partial charge in [-0.2, -0.15) is 10.2 Å². The van der Waals surface area contributed by atoms with Gasteiger partial charge in [0.1, 0.15) is 5.82 Å². The lowest BCUT2D eigenvalue weighted by atomic mass is 9.85. The molecule has 1 aromatic heterocycles. The number of hydrogen-bond acceptors (Lipinski definition) is 3. The maximum Gasteiger partial charge on any atom is 0.159 e.